The number of carbonyl (C=O) groups excluding carboxylic acids is 2. The van der Waals surface area contributed by atoms with Gasteiger partial charge in [-0.1, -0.05) is 26.0 Å². The predicted octanol–water partition coefficient (Wildman–Crippen LogP) is 3.92. The Kier molecular flexibility index (Phi) is 7.88. The summed E-state index contributed by atoms with van der Waals surface area (Å²) < 4.78 is 21.5. The molecule has 0 aliphatic rings. The largest absolute Gasteiger partial charge is 0.495 e. The lowest BCUT2D eigenvalue weighted by Crippen LogP contribution is -2.30. The highest BCUT2D eigenvalue weighted by Gasteiger charge is 2.21. The second kappa shape index (κ2) is 10.4. The summed E-state index contributed by atoms with van der Waals surface area (Å²) in [4.78, 5) is 24.8. The third kappa shape index (κ3) is 6.14. The first-order valence-corrected chi connectivity index (χ1v) is 9.31. The predicted molar refractivity (Wildman–Crippen MR) is 110 cm³/mol. The topological polar surface area (TPSA) is 83.1 Å². The molecule has 0 heterocycles. The summed E-state index contributed by atoms with van der Waals surface area (Å²) in [5, 5.41) is 2.69. The van der Waals surface area contributed by atoms with Gasteiger partial charge in [0.15, 0.2) is 17.6 Å². The van der Waals surface area contributed by atoms with Crippen LogP contribution in [0.15, 0.2) is 42.5 Å². The van der Waals surface area contributed by atoms with Crippen molar-refractivity contribution in [1.29, 1.82) is 0 Å². The molecule has 29 heavy (non-hydrogen) atoms. The van der Waals surface area contributed by atoms with Crippen LogP contribution in [0.4, 0.5) is 5.69 Å². The third-order valence-corrected chi connectivity index (χ3v) is 3.99. The van der Waals surface area contributed by atoms with Gasteiger partial charge in [-0.15, -0.1) is 0 Å². The van der Waals surface area contributed by atoms with Crippen LogP contribution >= 0.6 is 0 Å². The van der Waals surface area contributed by atoms with Gasteiger partial charge in [-0.25, -0.2) is 4.79 Å². The molecule has 0 unspecified atom stereocenters. The number of carbonyl (C=O) groups is 2. The molecule has 156 valence electrons. The van der Waals surface area contributed by atoms with Crippen molar-refractivity contribution < 1.29 is 28.5 Å². The molecule has 0 spiro atoms. The maximum Gasteiger partial charge on any atom is 0.339 e. The normalized spacial score (nSPS) is 11.5. The zero-order chi connectivity index (χ0) is 21.4. The first-order chi connectivity index (χ1) is 13.8. The second-order valence-corrected chi connectivity index (χ2v) is 6.81. The van der Waals surface area contributed by atoms with Crippen LogP contribution in [0.5, 0.6) is 17.2 Å². The monoisotopic (exact) mass is 401 g/mol. The Morgan fingerprint density at radius 1 is 0.931 bits per heavy atom. The van der Waals surface area contributed by atoms with Crippen LogP contribution in [0.1, 0.15) is 31.1 Å². The molecule has 1 N–H and O–H groups in total. The SMILES string of the molecule is COc1ccccc1NC(=O)[C@@H](C)OC(=O)c1ccc(OCC(C)C)c(OC)c1. The van der Waals surface area contributed by atoms with Crippen LogP contribution in [0, 0.1) is 5.92 Å². The van der Waals surface area contributed by atoms with E-state index in [4.69, 9.17) is 18.9 Å². The van der Waals surface area contributed by atoms with Crippen molar-refractivity contribution in [2.24, 2.45) is 5.92 Å². The molecule has 0 aliphatic carbocycles. The number of hydrogen-bond acceptors (Lipinski definition) is 6. The number of methoxy groups -OCH3 is 2. The summed E-state index contributed by atoms with van der Waals surface area (Å²) in [6.07, 6.45) is -1.00. The minimum atomic E-state index is -1.00. The Morgan fingerprint density at radius 3 is 2.28 bits per heavy atom. The van der Waals surface area contributed by atoms with Gasteiger partial charge in [-0.2, -0.15) is 0 Å². The smallest absolute Gasteiger partial charge is 0.339 e. The number of benzene rings is 2. The fraction of sp³-hybridized carbons (Fsp3) is 0.364. The third-order valence-electron chi connectivity index (χ3n) is 3.99. The van der Waals surface area contributed by atoms with E-state index in [0.29, 0.717) is 35.5 Å². The van der Waals surface area contributed by atoms with Gasteiger partial charge in [-0.05, 0) is 43.2 Å². The van der Waals surface area contributed by atoms with E-state index in [9.17, 15) is 9.59 Å². The van der Waals surface area contributed by atoms with Gasteiger partial charge in [0.2, 0.25) is 0 Å². The summed E-state index contributed by atoms with van der Waals surface area (Å²) in [5.74, 6) is 0.729. The summed E-state index contributed by atoms with van der Waals surface area (Å²) in [7, 11) is 3.01. The lowest BCUT2D eigenvalue weighted by atomic mass is 10.2. The average Bonchev–Trinajstić information content (AvgIpc) is 2.72. The molecule has 0 radical (unpaired) electrons. The highest BCUT2D eigenvalue weighted by atomic mass is 16.5. The van der Waals surface area contributed by atoms with Gasteiger partial charge in [0.05, 0.1) is 32.1 Å². The van der Waals surface area contributed by atoms with Crippen molar-refractivity contribution in [1.82, 2.24) is 0 Å². The van der Waals surface area contributed by atoms with E-state index < -0.39 is 18.0 Å². The first-order valence-electron chi connectivity index (χ1n) is 9.31. The molecule has 1 atom stereocenters. The zero-order valence-corrected chi connectivity index (χ0v) is 17.4. The van der Waals surface area contributed by atoms with Crippen molar-refractivity contribution in [2.45, 2.75) is 26.9 Å². The fourth-order valence-electron chi connectivity index (χ4n) is 2.43. The number of anilines is 1. The van der Waals surface area contributed by atoms with Crippen LogP contribution < -0.4 is 19.5 Å². The van der Waals surface area contributed by atoms with E-state index in [1.807, 2.05) is 13.8 Å². The van der Waals surface area contributed by atoms with Crippen LogP contribution in [0.2, 0.25) is 0 Å². The summed E-state index contributed by atoms with van der Waals surface area (Å²) >= 11 is 0. The first kappa shape index (κ1) is 22.1. The van der Waals surface area contributed by atoms with Crippen molar-refractivity contribution >= 4 is 17.6 Å². The van der Waals surface area contributed by atoms with Gasteiger partial charge in [-0.3, -0.25) is 4.79 Å². The summed E-state index contributed by atoms with van der Waals surface area (Å²) in [6, 6.07) is 11.7. The Hall–Kier alpha value is -3.22. The molecule has 0 aliphatic heterocycles. The Morgan fingerprint density at radius 2 is 1.62 bits per heavy atom. The molecule has 0 saturated heterocycles. The van der Waals surface area contributed by atoms with E-state index in [2.05, 4.69) is 5.32 Å². The number of para-hydroxylation sites is 2. The highest BCUT2D eigenvalue weighted by molar-refractivity contribution is 5.98. The van der Waals surface area contributed by atoms with Crippen molar-refractivity contribution in [3.8, 4) is 17.2 Å². The molecule has 0 fully saturated rings. The van der Waals surface area contributed by atoms with Crippen LogP contribution in [0.3, 0.4) is 0 Å². The van der Waals surface area contributed by atoms with E-state index in [1.54, 1.807) is 36.4 Å². The molecule has 2 aromatic rings. The standard InChI is InChI=1S/C22H27NO6/c1-14(2)13-28-19-11-10-16(12-20(19)27-5)22(25)29-15(3)21(24)23-17-8-6-7-9-18(17)26-4/h6-12,14-15H,13H2,1-5H3,(H,23,24)/t15-/m1/s1. The molecular formula is C22H27NO6. The van der Waals surface area contributed by atoms with E-state index in [1.165, 1.54) is 27.2 Å². The van der Waals surface area contributed by atoms with Gasteiger partial charge in [0.1, 0.15) is 5.75 Å². The molecule has 0 bridgehead atoms. The average molecular weight is 401 g/mol. The Bertz CT molecular complexity index is 849. The Balaban J connectivity index is 2.03. The van der Waals surface area contributed by atoms with Crippen molar-refractivity contribution in [2.75, 3.05) is 26.1 Å². The number of nitrogens with one attached hydrogen (secondary N) is 1. The number of amides is 1. The molecule has 2 aromatic carbocycles. The minimum Gasteiger partial charge on any atom is -0.495 e. The summed E-state index contributed by atoms with van der Waals surface area (Å²) in [5.41, 5.74) is 0.756. The molecule has 7 nitrogen and oxygen atoms in total. The molecule has 1 amide bonds. The van der Waals surface area contributed by atoms with Crippen LogP contribution in [0.25, 0.3) is 0 Å². The number of rotatable bonds is 9. The van der Waals surface area contributed by atoms with Crippen LogP contribution in [-0.2, 0) is 9.53 Å². The molecule has 2 rings (SSSR count). The lowest BCUT2D eigenvalue weighted by molar-refractivity contribution is -0.123. The number of ether oxygens (including phenoxy) is 4. The minimum absolute atomic E-state index is 0.260. The fourth-order valence-corrected chi connectivity index (χ4v) is 2.43. The van der Waals surface area contributed by atoms with Crippen molar-refractivity contribution in [3.63, 3.8) is 0 Å². The molecular weight excluding hydrogens is 374 g/mol. The zero-order valence-electron chi connectivity index (χ0n) is 17.4. The van der Waals surface area contributed by atoms with Gasteiger partial charge in [0, 0.05) is 0 Å². The van der Waals surface area contributed by atoms with Gasteiger partial charge >= 0.3 is 5.97 Å². The lowest BCUT2D eigenvalue weighted by Gasteiger charge is -2.16. The molecule has 7 heteroatoms. The number of hydrogen-bond donors (Lipinski definition) is 1. The van der Waals surface area contributed by atoms with Gasteiger partial charge in [0.25, 0.3) is 5.91 Å². The van der Waals surface area contributed by atoms with Crippen molar-refractivity contribution in [3.05, 3.63) is 48.0 Å². The van der Waals surface area contributed by atoms with E-state index in [-0.39, 0.29) is 5.56 Å². The van der Waals surface area contributed by atoms with E-state index in [0.717, 1.165) is 0 Å². The number of esters is 1. The maximum atomic E-state index is 12.5. The quantitative estimate of drug-likeness (QED) is 0.641. The highest BCUT2D eigenvalue weighted by Crippen LogP contribution is 2.29. The summed E-state index contributed by atoms with van der Waals surface area (Å²) in [6.45, 7) is 6.10. The second-order valence-electron chi connectivity index (χ2n) is 6.81. The maximum absolute atomic E-state index is 12.5. The van der Waals surface area contributed by atoms with Crippen LogP contribution in [-0.4, -0.2) is 38.8 Å². The van der Waals surface area contributed by atoms with Gasteiger partial charge < -0.3 is 24.3 Å². The van der Waals surface area contributed by atoms with E-state index >= 15 is 0 Å². The Labute approximate surface area is 170 Å². The molecule has 0 saturated carbocycles. The molecule has 0 aromatic heterocycles.